The van der Waals surface area contributed by atoms with Gasteiger partial charge in [0.25, 0.3) is 0 Å². The monoisotopic (exact) mass is 380 g/mol. The second-order valence-electron chi connectivity index (χ2n) is 6.36. The van der Waals surface area contributed by atoms with E-state index in [0.717, 1.165) is 5.56 Å². The molecule has 5 nitrogen and oxygen atoms in total. The van der Waals surface area contributed by atoms with Crippen molar-refractivity contribution in [3.05, 3.63) is 89.7 Å². The number of para-hydroxylation sites is 1. The number of nitrogens with zero attached hydrogens (tertiary/aromatic N) is 1. The van der Waals surface area contributed by atoms with Crippen LogP contribution in [0.4, 0.5) is 14.9 Å². The van der Waals surface area contributed by atoms with Gasteiger partial charge in [-0.25, -0.2) is 9.18 Å². The van der Waals surface area contributed by atoms with Crippen LogP contribution >= 0.6 is 0 Å². The van der Waals surface area contributed by atoms with E-state index in [9.17, 15) is 14.3 Å². The molecule has 2 amide bonds. The maximum Gasteiger partial charge on any atom is 0.321 e. The van der Waals surface area contributed by atoms with E-state index in [1.54, 1.807) is 67.7 Å². The van der Waals surface area contributed by atoms with Crippen LogP contribution in [-0.2, 0) is 13.2 Å². The molecule has 3 rings (SSSR count). The van der Waals surface area contributed by atoms with E-state index >= 15 is 0 Å². The summed E-state index contributed by atoms with van der Waals surface area (Å²) in [6.07, 6.45) is 0. The number of rotatable bonds is 6. The van der Waals surface area contributed by atoms with Crippen LogP contribution in [0.15, 0.2) is 72.8 Å². The van der Waals surface area contributed by atoms with Crippen molar-refractivity contribution in [1.29, 1.82) is 0 Å². The van der Waals surface area contributed by atoms with Crippen molar-refractivity contribution in [2.45, 2.75) is 13.2 Å². The topological polar surface area (TPSA) is 61.8 Å². The molecule has 0 aliphatic heterocycles. The molecule has 0 spiro atoms. The highest BCUT2D eigenvalue weighted by Gasteiger charge is 2.12. The molecule has 0 aromatic heterocycles. The molecule has 3 aromatic carbocycles. The smallest absolute Gasteiger partial charge is 0.321 e. The summed E-state index contributed by atoms with van der Waals surface area (Å²) >= 11 is 0. The SMILES string of the molecule is CN(Cc1ccccc1O)C(=O)Nc1cccc(OCc2cccc(F)c2)c1. The summed E-state index contributed by atoms with van der Waals surface area (Å²) < 4.78 is 18.9. The predicted octanol–water partition coefficient (Wildman–Crippen LogP) is 4.77. The van der Waals surface area contributed by atoms with Crippen LogP contribution in [0.1, 0.15) is 11.1 Å². The Morgan fingerprint density at radius 2 is 1.86 bits per heavy atom. The summed E-state index contributed by atoms with van der Waals surface area (Å²) in [5, 5.41) is 12.6. The first-order valence-corrected chi connectivity index (χ1v) is 8.77. The summed E-state index contributed by atoms with van der Waals surface area (Å²) in [6, 6.07) is 19.8. The van der Waals surface area contributed by atoms with Gasteiger partial charge >= 0.3 is 6.03 Å². The average Bonchev–Trinajstić information content (AvgIpc) is 2.68. The fourth-order valence-electron chi connectivity index (χ4n) is 2.65. The highest BCUT2D eigenvalue weighted by Crippen LogP contribution is 2.20. The maximum absolute atomic E-state index is 13.2. The summed E-state index contributed by atoms with van der Waals surface area (Å²) in [5.41, 5.74) is 1.95. The molecule has 0 saturated heterocycles. The lowest BCUT2D eigenvalue weighted by atomic mass is 10.2. The Labute approximate surface area is 163 Å². The van der Waals surface area contributed by atoms with Gasteiger partial charge in [0, 0.05) is 24.4 Å². The number of carbonyl (C=O) groups is 1. The van der Waals surface area contributed by atoms with E-state index in [2.05, 4.69) is 5.32 Å². The average molecular weight is 380 g/mol. The molecule has 0 fully saturated rings. The number of urea groups is 1. The minimum atomic E-state index is -0.314. The number of phenols is 1. The molecule has 144 valence electrons. The Kier molecular flexibility index (Phi) is 6.11. The van der Waals surface area contributed by atoms with Crippen molar-refractivity contribution < 1.29 is 19.0 Å². The minimum absolute atomic E-state index is 0.148. The molecule has 0 atom stereocenters. The minimum Gasteiger partial charge on any atom is -0.508 e. The van der Waals surface area contributed by atoms with Crippen molar-refractivity contribution >= 4 is 11.7 Å². The molecule has 0 bridgehead atoms. The lowest BCUT2D eigenvalue weighted by Crippen LogP contribution is -2.30. The van der Waals surface area contributed by atoms with Crippen LogP contribution in [0.5, 0.6) is 11.5 Å². The summed E-state index contributed by atoms with van der Waals surface area (Å²) in [5.74, 6) is 0.398. The predicted molar refractivity (Wildman–Crippen MR) is 106 cm³/mol. The number of amides is 2. The highest BCUT2D eigenvalue weighted by atomic mass is 19.1. The lowest BCUT2D eigenvalue weighted by molar-refractivity contribution is 0.220. The van der Waals surface area contributed by atoms with E-state index in [-0.39, 0.29) is 30.7 Å². The quantitative estimate of drug-likeness (QED) is 0.647. The molecular weight excluding hydrogens is 359 g/mol. The summed E-state index contributed by atoms with van der Waals surface area (Å²) in [6.45, 7) is 0.497. The fraction of sp³-hybridized carbons (Fsp3) is 0.136. The third kappa shape index (κ3) is 5.23. The van der Waals surface area contributed by atoms with Gasteiger partial charge in [-0.2, -0.15) is 0 Å². The molecule has 6 heteroatoms. The first-order valence-electron chi connectivity index (χ1n) is 8.77. The van der Waals surface area contributed by atoms with Crippen molar-refractivity contribution in [1.82, 2.24) is 4.90 Å². The maximum atomic E-state index is 13.2. The van der Waals surface area contributed by atoms with Gasteiger partial charge in [-0.15, -0.1) is 0 Å². The molecule has 0 unspecified atom stereocenters. The first kappa shape index (κ1) is 19.2. The van der Waals surface area contributed by atoms with E-state index in [4.69, 9.17) is 4.74 Å². The Morgan fingerprint density at radius 3 is 2.64 bits per heavy atom. The number of aromatic hydroxyl groups is 1. The Morgan fingerprint density at radius 1 is 1.07 bits per heavy atom. The molecular formula is C22H21FN2O3. The van der Waals surface area contributed by atoms with E-state index < -0.39 is 0 Å². The normalized spacial score (nSPS) is 10.4. The molecule has 0 aliphatic carbocycles. The van der Waals surface area contributed by atoms with Gasteiger partial charge in [-0.05, 0) is 35.9 Å². The number of halogens is 1. The van der Waals surface area contributed by atoms with Crippen molar-refractivity contribution in [2.75, 3.05) is 12.4 Å². The fourth-order valence-corrected chi connectivity index (χ4v) is 2.65. The van der Waals surface area contributed by atoms with Gasteiger partial charge in [0.15, 0.2) is 0 Å². The van der Waals surface area contributed by atoms with Gasteiger partial charge in [-0.1, -0.05) is 36.4 Å². The Hall–Kier alpha value is -3.54. The third-order valence-electron chi connectivity index (χ3n) is 4.13. The van der Waals surface area contributed by atoms with Crippen LogP contribution in [0.2, 0.25) is 0 Å². The number of hydrogen-bond acceptors (Lipinski definition) is 3. The van der Waals surface area contributed by atoms with Crippen LogP contribution in [0, 0.1) is 5.82 Å². The molecule has 3 aromatic rings. The Bertz CT molecular complexity index is 962. The Balaban J connectivity index is 1.59. The van der Waals surface area contributed by atoms with Gasteiger partial charge in [0.2, 0.25) is 0 Å². The number of ether oxygens (including phenoxy) is 1. The molecule has 0 heterocycles. The number of phenolic OH excluding ortho intramolecular Hbond substituents is 1. The van der Waals surface area contributed by atoms with Crippen molar-refractivity contribution in [3.63, 3.8) is 0 Å². The van der Waals surface area contributed by atoms with Gasteiger partial charge in [0.1, 0.15) is 23.9 Å². The standard InChI is InChI=1S/C22H21FN2O3/c1-25(14-17-7-2-3-11-21(17)26)22(27)24-19-9-5-10-20(13-19)28-15-16-6-4-8-18(23)12-16/h2-13,26H,14-15H2,1H3,(H,24,27). The van der Waals surface area contributed by atoms with E-state index in [1.165, 1.54) is 17.0 Å². The number of benzene rings is 3. The van der Waals surface area contributed by atoms with Gasteiger partial charge in [-0.3, -0.25) is 0 Å². The van der Waals surface area contributed by atoms with Crippen LogP contribution < -0.4 is 10.1 Å². The second-order valence-corrected chi connectivity index (χ2v) is 6.36. The zero-order valence-electron chi connectivity index (χ0n) is 15.4. The molecule has 28 heavy (non-hydrogen) atoms. The number of anilines is 1. The first-order chi connectivity index (χ1) is 13.5. The van der Waals surface area contributed by atoms with Crippen LogP contribution in [0.3, 0.4) is 0 Å². The summed E-state index contributed by atoms with van der Waals surface area (Å²) in [7, 11) is 1.64. The van der Waals surface area contributed by atoms with Crippen molar-refractivity contribution in [2.24, 2.45) is 0 Å². The molecule has 0 radical (unpaired) electrons. The summed E-state index contributed by atoms with van der Waals surface area (Å²) in [4.78, 5) is 13.9. The molecule has 0 aliphatic rings. The van der Waals surface area contributed by atoms with E-state index in [0.29, 0.717) is 17.0 Å². The number of hydrogen-bond donors (Lipinski definition) is 2. The van der Waals surface area contributed by atoms with Crippen LogP contribution in [-0.4, -0.2) is 23.1 Å². The number of carbonyl (C=O) groups excluding carboxylic acids is 1. The third-order valence-corrected chi connectivity index (χ3v) is 4.13. The van der Waals surface area contributed by atoms with Crippen molar-refractivity contribution in [3.8, 4) is 11.5 Å². The highest BCUT2D eigenvalue weighted by molar-refractivity contribution is 5.89. The number of nitrogens with one attached hydrogen (secondary N) is 1. The van der Waals surface area contributed by atoms with Gasteiger partial charge < -0.3 is 20.1 Å². The molecule has 0 saturated carbocycles. The zero-order chi connectivity index (χ0) is 19.9. The largest absolute Gasteiger partial charge is 0.508 e. The zero-order valence-corrected chi connectivity index (χ0v) is 15.4. The van der Waals surface area contributed by atoms with Crippen LogP contribution in [0.25, 0.3) is 0 Å². The van der Waals surface area contributed by atoms with E-state index in [1.807, 2.05) is 0 Å². The molecule has 2 N–H and O–H groups in total. The van der Waals surface area contributed by atoms with Gasteiger partial charge in [0.05, 0.1) is 6.54 Å². The second kappa shape index (κ2) is 8.90. The lowest BCUT2D eigenvalue weighted by Gasteiger charge is -2.19.